The Morgan fingerprint density at radius 3 is 2.53 bits per heavy atom. The number of amides is 1. The van der Waals surface area contributed by atoms with Crippen LogP contribution >= 0.6 is 23.1 Å². The zero-order valence-electron chi connectivity index (χ0n) is 18.1. The van der Waals surface area contributed by atoms with Crippen LogP contribution in [0.4, 0.5) is 0 Å². The molecule has 1 saturated heterocycles. The molecule has 0 unspecified atom stereocenters. The van der Waals surface area contributed by atoms with E-state index in [0.717, 1.165) is 66.1 Å². The maximum atomic E-state index is 13.2. The predicted octanol–water partition coefficient (Wildman–Crippen LogP) is 4.28. The average molecular weight is 470 g/mol. The Hall–Kier alpha value is -2.55. The lowest BCUT2D eigenvalue weighted by Crippen LogP contribution is -2.49. The Morgan fingerprint density at radius 1 is 1.06 bits per heavy atom. The molecule has 0 saturated carbocycles. The van der Waals surface area contributed by atoms with E-state index in [1.54, 1.807) is 30.2 Å². The number of rotatable bonds is 9. The molecule has 6 nitrogen and oxygen atoms in total. The van der Waals surface area contributed by atoms with Crippen molar-refractivity contribution in [2.75, 3.05) is 46.4 Å². The van der Waals surface area contributed by atoms with Crippen molar-refractivity contribution in [1.29, 1.82) is 0 Å². The fourth-order valence-corrected chi connectivity index (χ4v) is 5.15. The second-order valence-corrected chi connectivity index (χ2v) is 9.16. The SMILES string of the molecule is COc1ccc(OCCN2CCN(C(=O)c3ccccc3SCc3cscn3)CC2)cc1. The van der Waals surface area contributed by atoms with Gasteiger partial charge in [0.15, 0.2) is 0 Å². The van der Waals surface area contributed by atoms with Crippen LogP contribution in [0.1, 0.15) is 16.1 Å². The monoisotopic (exact) mass is 469 g/mol. The second kappa shape index (κ2) is 11.4. The number of ether oxygens (including phenoxy) is 2. The van der Waals surface area contributed by atoms with Crippen molar-refractivity contribution in [3.05, 3.63) is 70.7 Å². The number of piperazine rings is 1. The third-order valence-corrected chi connectivity index (χ3v) is 7.11. The van der Waals surface area contributed by atoms with E-state index >= 15 is 0 Å². The number of hydrogen-bond donors (Lipinski definition) is 0. The van der Waals surface area contributed by atoms with Gasteiger partial charge in [-0.3, -0.25) is 9.69 Å². The maximum Gasteiger partial charge on any atom is 0.255 e. The number of nitrogens with zero attached hydrogens (tertiary/aromatic N) is 3. The van der Waals surface area contributed by atoms with Crippen LogP contribution in [0.2, 0.25) is 0 Å². The molecule has 8 heteroatoms. The molecular weight excluding hydrogens is 442 g/mol. The number of hydrogen-bond acceptors (Lipinski definition) is 7. The molecule has 1 aliphatic rings. The van der Waals surface area contributed by atoms with Gasteiger partial charge in [0.05, 0.1) is 23.9 Å². The van der Waals surface area contributed by atoms with E-state index in [0.29, 0.717) is 6.61 Å². The smallest absolute Gasteiger partial charge is 0.255 e. The Balaban J connectivity index is 1.24. The van der Waals surface area contributed by atoms with E-state index in [2.05, 4.69) is 15.3 Å². The fraction of sp³-hybridized carbons (Fsp3) is 0.333. The first-order valence-electron chi connectivity index (χ1n) is 10.6. The lowest BCUT2D eigenvalue weighted by Gasteiger charge is -2.35. The summed E-state index contributed by atoms with van der Waals surface area (Å²) < 4.78 is 11.0. The predicted molar refractivity (Wildman–Crippen MR) is 129 cm³/mol. The zero-order chi connectivity index (χ0) is 22.2. The van der Waals surface area contributed by atoms with Crippen LogP contribution < -0.4 is 9.47 Å². The molecule has 168 valence electrons. The fourth-order valence-electron chi connectivity index (χ4n) is 3.54. The molecule has 0 N–H and O–H groups in total. The first-order valence-corrected chi connectivity index (χ1v) is 12.5. The molecule has 0 spiro atoms. The van der Waals surface area contributed by atoms with Gasteiger partial charge in [-0.1, -0.05) is 12.1 Å². The lowest BCUT2D eigenvalue weighted by molar-refractivity contribution is 0.0617. The Morgan fingerprint density at radius 2 is 1.81 bits per heavy atom. The number of thioether (sulfide) groups is 1. The molecule has 1 aromatic heterocycles. The van der Waals surface area contributed by atoms with Crippen molar-refractivity contribution in [3.8, 4) is 11.5 Å². The van der Waals surface area contributed by atoms with Crippen LogP contribution in [0.15, 0.2) is 64.3 Å². The summed E-state index contributed by atoms with van der Waals surface area (Å²) >= 11 is 3.27. The number of methoxy groups -OCH3 is 1. The van der Waals surface area contributed by atoms with Gasteiger partial charge in [-0.25, -0.2) is 4.98 Å². The third kappa shape index (κ3) is 6.03. The summed E-state index contributed by atoms with van der Waals surface area (Å²) in [6.45, 7) is 4.63. The molecule has 4 rings (SSSR count). The van der Waals surface area contributed by atoms with E-state index in [9.17, 15) is 4.79 Å². The number of aromatic nitrogens is 1. The minimum absolute atomic E-state index is 0.112. The number of carbonyl (C=O) groups is 1. The third-order valence-electron chi connectivity index (χ3n) is 5.37. The molecule has 0 radical (unpaired) electrons. The van der Waals surface area contributed by atoms with Crippen molar-refractivity contribution in [3.63, 3.8) is 0 Å². The van der Waals surface area contributed by atoms with Gasteiger partial charge >= 0.3 is 0 Å². The van der Waals surface area contributed by atoms with Crippen LogP contribution in [0.3, 0.4) is 0 Å². The van der Waals surface area contributed by atoms with Gasteiger partial charge in [-0.05, 0) is 36.4 Å². The first-order chi connectivity index (χ1) is 15.7. The van der Waals surface area contributed by atoms with Crippen LogP contribution in [-0.4, -0.2) is 67.1 Å². The van der Waals surface area contributed by atoms with E-state index in [4.69, 9.17) is 9.47 Å². The summed E-state index contributed by atoms with van der Waals surface area (Å²) in [5, 5.41) is 2.05. The van der Waals surface area contributed by atoms with E-state index in [-0.39, 0.29) is 5.91 Å². The molecular formula is C24H27N3O3S2. The van der Waals surface area contributed by atoms with Crippen LogP contribution in [-0.2, 0) is 5.75 Å². The van der Waals surface area contributed by atoms with E-state index < -0.39 is 0 Å². The summed E-state index contributed by atoms with van der Waals surface area (Å²) in [6, 6.07) is 15.5. The largest absolute Gasteiger partial charge is 0.497 e. The maximum absolute atomic E-state index is 13.2. The minimum atomic E-state index is 0.112. The quantitative estimate of drug-likeness (QED) is 0.436. The lowest BCUT2D eigenvalue weighted by atomic mass is 10.2. The molecule has 1 amide bonds. The molecule has 0 aliphatic carbocycles. The molecule has 2 aromatic carbocycles. The van der Waals surface area contributed by atoms with Crippen molar-refractivity contribution >= 4 is 29.0 Å². The van der Waals surface area contributed by atoms with Gasteiger partial charge in [0.25, 0.3) is 5.91 Å². The second-order valence-electron chi connectivity index (χ2n) is 7.42. The molecule has 1 fully saturated rings. The molecule has 0 atom stereocenters. The Bertz CT molecular complexity index is 988. The minimum Gasteiger partial charge on any atom is -0.497 e. The number of carbonyl (C=O) groups excluding carboxylic acids is 1. The molecule has 2 heterocycles. The summed E-state index contributed by atoms with van der Waals surface area (Å²) in [7, 11) is 1.65. The zero-order valence-corrected chi connectivity index (χ0v) is 19.7. The van der Waals surface area contributed by atoms with Gasteiger partial charge in [0.1, 0.15) is 18.1 Å². The highest BCUT2D eigenvalue weighted by Gasteiger charge is 2.23. The Labute approximate surface area is 197 Å². The van der Waals surface area contributed by atoms with E-state index in [1.165, 1.54) is 0 Å². The normalized spacial score (nSPS) is 14.3. The topological polar surface area (TPSA) is 54.9 Å². The van der Waals surface area contributed by atoms with Crippen LogP contribution in [0.25, 0.3) is 0 Å². The molecule has 3 aromatic rings. The number of benzene rings is 2. The van der Waals surface area contributed by atoms with Crippen LogP contribution in [0, 0.1) is 0 Å². The summed E-state index contributed by atoms with van der Waals surface area (Å²) in [4.78, 5) is 22.8. The van der Waals surface area contributed by atoms with Crippen LogP contribution in [0.5, 0.6) is 11.5 Å². The highest BCUT2D eigenvalue weighted by atomic mass is 32.2. The van der Waals surface area contributed by atoms with Gasteiger partial charge in [-0.15, -0.1) is 23.1 Å². The molecule has 0 bridgehead atoms. The van der Waals surface area contributed by atoms with Crippen molar-refractivity contribution in [2.45, 2.75) is 10.6 Å². The standard InChI is InChI=1S/C24H27N3O3S2/c1-29-20-6-8-21(9-7-20)30-15-14-26-10-12-27(13-11-26)24(28)22-4-2-3-5-23(22)32-17-19-16-31-18-25-19/h2-9,16,18H,10-15,17H2,1H3. The van der Waals surface area contributed by atoms with E-state index in [1.807, 2.05) is 58.9 Å². The highest BCUT2D eigenvalue weighted by Crippen LogP contribution is 2.27. The highest BCUT2D eigenvalue weighted by molar-refractivity contribution is 7.98. The summed E-state index contributed by atoms with van der Waals surface area (Å²) in [5.74, 6) is 2.54. The first kappa shape index (κ1) is 22.6. The Kier molecular flexibility index (Phi) is 8.03. The number of thiazole rings is 1. The summed E-state index contributed by atoms with van der Waals surface area (Å²) in [5.41, 5.74) is 3.67. The van der Waals surface area contributed by atoms with Crippen molar-refractivity contribution in [1.82, 2.24) is 14.8 Å². The van der Waals surface area contributed by atoms with Crippen molar-refractivity contribution < 1.29 is 14.3 Å². The van der Waals surface area contributed by atoms with Gasteiger partial charge in [0.2, 0.25) is 0 Å². The van der Waals surface area contributed by atoms with Gasteiger partial charge in [-0.2, -0.15) is 0 Å². The van der Waals surface area contributed by atoms with Crippen molar-refractivity contribution in [2.24, 2.45) is 0 Å². The average Bonchev–Trinajstić information content (AvgIpc) is 3.37. The summed E-state index contributed by atoms with van der Waals surface area (Å²) in [6.07, 6.45) is 0. The molecule has 32 heavy (non-hydrogen) atoms. The molecule has 1 aliphatic heterocycles. The van der Waals surface area contributed by atoms with Gasteiger partial charge in [0, 0.05) is 48.8 Å². The van der Waals surface area contributed by atoms with Gasteiger partial charge < -0.3 is 14.4 Å².